The molecule has 0 radical (unpaired) electrons. The van der Waals surface area contributed by atoms with Gasteiger partial charge in [0.05, 0.1) is 29.2 Å². The van der Waals surface area contributed by atoms with Crippen LogP contribution in [0.2, 0.25) is 5.02 Å². The molecule has 1 amide bonds. The van der Waals surface area contributed by atoms with Gasteiger partial charge in [-0.05, 0) is 41.8 Å². The smallest absolute Gasteiger partial charge is 0.430 e. The Balaban J connectivity index is 1.92. The van der Waals surface area contributed by atoms with Crippen LogP contribution in [0.3, 0.4) is 0 Å². The van der Waals surface area contributed by atoms with Crippen molar-refractivity contribution in [2.24, 2.45) is 10.7 Å². The lowest BCUT2D eigenvalue weighted by Gasteiger charge is -2.10. The van der Waals surface area contributed by atoms with Gasteiger partial charge >= 0.3 is 12.1 Å². The Morgan fingerprint density at radius 3 is 2.35 bits per heavy atom. The van der Waals surface area contributed by atoms with Gasteiger partial charge in [-0.2, -0.15) is 13.2 Å². The number of carbonyl (C=O) groups is 2. The van der Waals surface area contributed by atoms with Crippen molar-refractivity contribution in [2.75, 3.05) is 12.4 Å². The number of benzene rings is 2. The zero-order chi connectivity index (χ0) is 24.9. The van der Waals surface area contributed by atoms with Crippen molar-refractivity contribution >= 4 is 51.9 Å². The van der Waals surface area contributed by atoms with E-state index in [0.717, 1.165) is 11.3 Å². The average Bonchev–Trinajstić information content (AvgIpc) is 3.27. The van der Waals surface area contributed by atoms with Crippen LogP contribution in [0.1, 0.15) is 25.6 Å². The highest BCUT2D eigenvalue weighted by Gasteiger charge is 2.31. The number of para-hydroxylation sites is 1. The Labute approximate surface area is 201 Å². The summed E-state index contributed by atoms with van der Waals surface area (Å²) in [6.07, 6.45) is -4.05. The predicted octanol–water partition coefficient (Wildman–Crippen LogP) is 5.97. The molecule has 3 N–H and O–H groups in total. The fourth-order valence-corrected chi connectivity index (χ4v) is 3.67. The van der Waals surface area contributed by atoms with Gasteiger partial charge in [0.25, 0.3) is 5.91 Å². The number of aliphatic imine (C=N–C) groups is 1. The molecule has 3 aromatic rings. The predicted molar refractivity (Wildman–Crippen MR) is 126 cm³/mol. The van der Waals surface area contributed by atoms with Gasteiger partial charge in [-0.15, -0.1) is 11.3 Å². The van der Waals surface area contributed by atoms with E-state index in [4.69, 9.17) is 17.3 Å². The normalized spacial score (nSPS) is 12.4. The van der Waals surface area contributed by atoms with Crippen molar-refractivity contribution in [2.45, 2.75) is 6.18 Å². The molecule has 2 aromatic carbocycles. The Morgan fingerprint density at radius 1 is 1.09 bits per heavy atom. The standard InChI is InChI=1S/C23H17ClF3N3O3S/c1-33-22(32)20-17(10-11-34-20)30-21(31)14-8-6-13(7-9-14)18(12-19(28)23(25,26)27)29-16-5-3-2-4-15(16)24/h2-12H,28H2,1H3,(H,30,31)/b19-12-,29-18?. The molecule has 34 heavy (non-hydrogen) atoms. The van der Waals surface area contributed by atoms with Crippen molar-refractivity contribution < 1.29 is 27.5 Å². The molecule has 1 heterocycles. The topological polar surface area (TPSA) is 93.8 Å². The molecular formula is C23H17ClF3N3O3S. The second-order valence-electron chi connectivity index (χ2n) is 6.73. The molecule has 11 heteroatoms. The molecule has 0 saturated heterocycles. The number of esters is 1. The van der Waals surface area contributed by atoms with E-state index in [1.807, 2.05) is 0 Å². The minimum absolute atomic E-state index is 0.0966. The molecule has 0 saturated carbocycles. The van der Waals surface area contributed by atoms with E-state index in [9.17, 15) is 22.8 Å². The SMILES string of the molecule is COC(=O)c1sccc1NC(=O)c1ccc(C(/C=C(\N)C(F)(F)F)=Nc2ccccc2Cl)cc1. The second kappa shape index (κ2) is 10.5. The summed E-state index contributed by atoms with van der Waals surface area (Å²) in [7, 11) is 1.23. The van der Waals surface area contributed by atoms with Crippen LogP contribution in [0.25, 0.3) is 0 Å². The summed E-state index contributed by atoms with van der Waals surface area (Å²) in [5, 5.41) is 4.48. The van der Waals surface area contributed by atoms with E-state index < -0.39 is 23.7 Å². The highest BCUT2D eigenvalue weighted by atomic mass is 35.5. The molecule has 0 fully saturated rings. The van der Waals surface area contributed by atoms with Crippen LogP contribution < -0.4 is 11.1 Å². The van der Waals surface area contributed by atoms with Gasteiger partial charge in [-0.1, -0.05) is 35.9 Å². The van der Waals surface area contributed by atoms with Crippen molar-refractivity contribution in [3.63, 3.8) is 0 Å². The number of rotatable bonds is 6. The van der Waals surface area contributed by atoms with Gasteiger partial charge in [0.2, 0.25) is 0 Å². The minimum Gasteiger partial charge on any atom is -0.465 e. The van der Waals surface area contributed by atoms with E-state index >= 15 is 0 Å². The van der Waals surface area contributed by atoms with Crippen LogP contribution in [-0.2, 0) is 4.74 Å². The third-order valence-electron chi connectivity index (χ3n) is 4.44. The van der Waals surface area contributed by atoms with Gasteiger partial charge in [-0.25, -0.2) is 9.79 Å². The van der Waals surface area contributed by atoms with Crippen molar-refractivity contribution in [1.29, 1.82) is 0 Å². The summed E-state index contributed by atoms with van der Waals surface area (Å²) in [6.45, 7) is 0. The third kappa shape index (κ3) is 6.03. The molecule has 0 aliphatic heterocycles. The highest BCUT2D eigenvalue weighted by Crippen LogP contribution is 2.27. The maximum absolute atomic E-state index is 13.0. The van der Waals surface area contributed by atoms with Crippen LogP contribution >= 0.6 is 22.9 Å². The molecule has 1 aromatic heterocycles. The Hall–Kier alpha value is -3.63. The van der Waals surface area contributed by atoms with Gasteiger partial charge in [0.1, 0.15) is 10.6 Å². The van der Waals surface area contributed by atoms with Gasteiger partial charge in [0.15, 0.2) is 0 Å². The number of nitrogens with one attached hydrogen (secondary N) is 1. The highest BCUT2D eigenvalue weighted by molar-refractivity contribution is 7.12. The van der Waals surface area contributed by atoms with E-state index in [2.05, 4.69) is 15.0 Å². The summed E-state index contributed by atoms with van der Waals surface area (Å²) in [5.74, 6) is -1.11. The first-order valence-corrected chi connectivity index (χ1v) is 10.8. The monoisotopic (exact) mass is 507 g/mol. The van der Waals surface area contributed by atoms with Crippen molar-refractivity contribution in [3.05, 3.63) is 92.8 Å². The molecular weight excluding hydrogens is 491 g/mol. The summed E-state index contributed by atoms with van der Waals surface area (Å²) in [4.78, 5) is 28.9. The number of methoxy groups -OCH3 is 1. The Morgan fingerprint density at radius 2 is 1.74 bits per heavy atom. The zero-order valence-corrected chi connectivity index (χ0v) is 19.1. The van der Waals surface area contributed by atoms with Gasteiger partial charge in [-0.3, -0.25) is 4.79 Å². The first-order valence-electron chi connectivity index (χ1n) is 9.55. The number of hydrogen-bond donors (Lipinski definition) is 2. The summed E-state index contributed by atoms with van der Waals surface area (Å²) >= 11 is 7.21. The number of ether oxygens (including phenoxy) is 1. The quantitative estimate of drug-likeness (QED) is 0.317. The van der Waals surface area contributed by atoms with Crippen LogP contribution in [0.15, 0.2) is 76.7 Å². The maximum atomic E-state index is 13.0. The number of anilines is 1. The summed E-state index contributed by atoms with van der Waals surface area (Å²) in [6, 6.07) is 13.6. The molecule has 176 valence electrons. The number of nitrogens with two attached hydrogens (primary N) is 1. The lowest BCUT2D eigenvalue weighted by molar-refractivity contribution is -0.0925. The average molecular weight is 508 g/mol. The van der Waals surface area contributed by atoms with Crippen LogP contribution in [0.5, 0.6) is 0 Å². The van der Waals surface area contributed by atoms with E-state index in [0.29, 0.717) is 6.08 Å². The van der Waals surface area contributed by atoms with Crippen LogP contribution in [-0.4, -0.2) is 30.9 Å². The molecule has 0 bridgehead atoms. The molecule has 0 atom stereocenters. The second-order valence-corrected chi connectivity index (χ2v) is 8.06. The zero-order valence-electron chi connectivity index (χ0n) is 17.5. The summed E-state index contributed by atoms with van der Waals surface area (Å²) < 4.78 is 43.8. The number of allylic oxidation sites excluding steroid dienone is 2. The fourth-order valence-electron chi connectivity index (χ4n) is 2.73. The molecule has 0 spiro atoms. The Kier molecular flexibility index (Phi) is 7.75. The molecule has 6 nitrogen and oxygen atoms in total. The first kappa shape index (κ1) is 25.0. The summed E-state index contributed by atoms with van der Waals surface area (Å²) in [5.41, 5.74) is 4.78. The number of hydrogen-bond acceptors (Lipinski definition) is 6. The van der Waals surface area contributed by atoms with E-state index in [-0.39, 0.29) is 38.1 Å². The van der Waals surface area contributed by atoms with E-state index in [1.165, 1.54) is 31.4 Å². The maximum Gasteiger partial charge on any atom is 0.430 e. The molecule has 0 unspecified atom stereocenters. The lowest BCUT2D eigenvalue weighted by atomic mass is 10.1. The number of alkyl halides is 3. The largest absolute Gasteiger partial charge is 0.465 e. The van der Waals surface area contributed by atoms with E-state index in [1.54, 1.807) is 35.7 Å². The van der Waals surface area contributed by atoms with Crippen molar-refractivity contribution in [1.82, 2.24) is 0 Å². The van der Waals surface area contributed by atoms with Gasteiger partial charge in [0, 0.05) is 11.1 Å². The van der Waals surface area contributed by atoms with Crippen molar-refractivity contribution in [3.8, 4) is 0 Å². The number of thiophene rings is 1. The number of nitrogens with zero attached hydrogens (tertiary/aromatic N) is 1. The molecule has 0 aliphatic rings. The number of halogens is 4. The minimum atomic E-state index is -4.75. The van der Waals surface area contributed by atoms with Gasteiger partial charge < -0.3 is 15.8 Å². The lowest BCUT2D eigenvalue weighted by Crippen LogP contribution is -2.21. The number of carbonyl (C=O) groups excluding carboxylic acids is 2. The first-order chi connectivity index (χ1) is 16.1. The fraction of sp³-hybridized carbons (Fsp3) is 0.0870. The molecule has 3 rings (SSSR count). The third-order valence-corrected chi connectivity index (χ3v) is 5.65. The molecule has 0 aliphatic carbocycles. The number of amides is 1. The Bertz CT molecular complexity index is 1270. The van der Waals surface area contributed by atoms with Crippen LogP contribution in [0.4, 0.5) is 24.5 Å². The van der Waals surface area contributed by atoms with Crippen LogP contribution in [0, 0.1) is 0 Å².